The zero-order chi connectivity index (χ0) is 7.70. The first-order valence-electron chi connectivity index (χ1n) is 4.22. The molecule has 0 fully saturated rings. The maximum absolute atomic E-state index is 2.28. The summed E-state index contributed by atoms with van der Waals surface area (Å²) in [5.74, 6) is 0.935. The number of hydrogen-bond donors (Lipinski definition) is 0. The van der Waals surface area contributed by atoms with Gasteiger partial charge in [0.2, 0.25) is 0 Å². The zero-order valence-electron chi connectivity index (χ0n) is 8.11. The molecular formula is C9H22W. The van der Waals surface area contributed by atoms with E-state index in [-0.39, 0.29) is 21.1 Å². The van der Waals surface area contributed by atoms with Crippen LogP contribution in [-0.4, -0.2) is 0 Å². The third kappa shape index (κ3) is 23.4. The summed E-state index contributed by atoms with van der Waals surface area (Å²) in [6.45, 7) is 11.0. The SMILES string of the molecule is CCC.CCC(C)CC.[W]. The Kier molecular flexibility index (Phi) is 27.7. The second-order valence-electron chi connectivity index (χ2n) is 2.63. The number of rotatable bonds is 2. The minimum absolute atomic E-state index is 0. The molecular weight excluding hydrogens is 292 g/mol. The van der Waals surface area contributed by atoms with Crippen molar-refractivity contribution in [2.24, 2.45) is 5.92 Å². The average Bonchev–Trinajstić information content (AvgIpc) is 1.88. The van der Waals surface area contributed by atoms with Crippen LogP contribution in [0.1, 0.15) is 53.9 Å². The molecule has 0 aromatic carbocycles. The maximum atomic E-state index is 2.28. The van der Waals surface area contributed by atoms with E-state index in [1.165, 1.54) is 19.3 Å². The van der Waals surface area contributed by atoms with Crippen molar-refractivity contribution in [1.82, 2.24) is 0 Å². The van der Waals surface area contributed by atoms with E-state index < -0.39 is 0 Å². The molecule has 64 valence electrons. The first-order valence-corrected chi connectivity index (χ1v) is 4.22. The van der Waals surface area contributed by atoms with Crippen LogP contribution >= 0.6 is 0 Å². The molecule has 0 atom stereocenters. The summed E-state index contributed by atoms with van der Waals surface area (Å²) >= 11 is 0. The molecule has 0 heterocycles. The summed E-state index contributed by atoms with van der Waals surface area (Å²) in [7, 11) is 0. The molecule has 0 radical (unpaired) electrons. The minimum atomic E-state index is 0. The van der Waals surface area contributed by atoms with Gasteiger partial charge in [-0.05, 0) is 5.92 Å². The number of hydrogen-bond acceptors (Lipinski definition) is 0. The van der Waals surface area contributed by atoms with Crippen molar-refractivity contribution in [1.29, 1.82) is 0 Å². The Balaban J connectivity index is -0.000000107. The van der Waals surface area contributed by atoms with Gasteiger partial charge in [0.25, 0.3) is 0 Å². The Morgan fingerprint density at radius 2 is 1.10 bits per heavy atom. The summed E-state index contributed by atoms with van der Waals surface area (Å²) in [4.78, 5) is 0. The predicted molar refractivity (Wildman–Crippen MR) is 45.7 cm³/mol. The molecule has 0 N–H and O–H groups in total. The van der Waals surface area contributed by atoms with E-state index in [4.69, 9.17) is 0 Å². The average molecular weight is 314 g/mol. The molecule has 0 amide bonds. The van der Waals surface area contributed by atoms with Crippen molar-refractivity contribution in [3.63, 3.8) is 0 Å². The van der Waals surface area contributed by atoms with Gasteiger partial charge in [-0.3, -0.25) is 0 Å². The van der Waals surface area contributed by atoms with Crippen LogP contribution in [-0.2, 0) is 21.1 Å². The molecule has 0 saturated heterocycles. The molecule has 0 aromatic heterocycles. The summed E-state index contributed by atoms with van der Waals surface area (Å²) in [5.41, 5.74) is 0. The van der Waals surface area contributed by atoms with Gasteiger partial charge in [-0.2, -0.15) is 0 Å². The second kappa shape index (κ2) is 16.3. The van der Waals surface area contributed by atoms with Gasteiger partial charge in [0.15, 0.2) is 0 Å². The molecule has 1 heteroatoms. The maximum Gasteiger partial charge on any atom is 0 e. The van der Waals surface area contributed by atoms with Gasteiger partial charge in [-0.25, -0.2) is 0 Å². The summed E-state index contributed by atoms with van der Waals surface area (Å²) in [6, 6.07) is 0. The third-order valence-corrected chi connectivity index (χ3v) is 1.39. The molecule has 0 aliphatic rings. The van der Waals surface area contributed by atoms with Crippen LogP contribution in [0.4, 0.5) is 0 Å². The molecule has 0 spiro atoms. The van der Waals surface area contributed by atoms with Crippen LogP contribution in [0.25, 0.3) is 0 Å². The largest absolute Gasteiger partial charge is 0.0656 e. The van der Waals surface area contributed by atoms with Crippen LogP contribution < -0.4 is 0 Å². The van der Waals surface area contributed by atoms with Gasteiger partial charge in [-0.1, -0.05) is 53.9 Å². The van der Waals surface area contributed by atoms with E-state index in [2.05, 4.69) is 34.6 Å². The van der Waals surface area contributed by atoms with Gasteiger partial charge in [0, 0.05) is 21.1 Å². The zero-order valence-corrected chi connectivity index (χ0v) is 11.0. The molecule has 0 saturated carbocycles. The van der Waals surface area contributed by atoms with Gasteiger partial charge in [-0.15, -0.1) is 0 Å². The van der Waals surface area contributed by atoms with Gasteiger partial charge in [0.05, 0.1) is 0 Å². The summed E-state index contributed by atoms with van der Waals surface area (Å²) < 4.78 is 0. The van der Waals surface area contributed by atoms with Crippen molar-refractivity contribution in [3.8, 4) is 0 Å². The van der Waals surface area contributed by atoms with Gasteiger partial charge in [0.1, 0.15) is 0 Å². The van der Waals surface area contributed by atoms with Crippen LogP contribution in [0, 0.1) is 5.92 Å². The van der Waals surface area contributed by atoms with Crippen molar-refractivity contribution >= 4 is 0 Å². The molecule has 0 aromatic rings. The molecule has 0 unspecified atom stereocenters. The van der Waals surface area contributed by atoms with Crippen LogP contribution in [0.3, 0.4) is 0 Å². The Labute approximate surface area is 81.1 Å². The van der Waals surface area contributed by atoms with E-state index in [0.29, 0.717) is 0 Å². The molecule has 0 aliphatic carbocycles. The third-order valence-electron chi connectivity index (χ3n) is 1.39. The predicted octanol–water partition coefficient (Wildman–Crippen LogP) is 3.86. The fourth-order valence-electron chi connectivity index (χ4n) is 0.289. The van der Waals surface area contributed by atoms with E-state index in [1.54, 1.807) is 0 Å². The monoisotopic (exact) mass is 314 g/mol. The Morgan fingerprint density at radius 1 is 0.900 bits per heavy atom. The summed E-state index contributed by atoms with van der Waals surface area (Å²) in [6.07, 6.45) is 3.91. The van der Waals surface area contributed by atoms with Gasteiger partial charge >= 0.3 is 0 Å². The Hall–Kier alpha value is 0.688. The smallest absolute Gasteiger partial charge is 0 e. The van der Waals surface area contributed by atoms with Crippen LogP contribution in [0.2, 0.25) is 0 Å². The second-order valence-corrected chi connectivity index (χ2v) is 2.63. The van der Waals surface area contributed by atoms with E-state index >= 15 is 0 Å². The molecule has 0 aliphatic heterocycles. The molecule has 10 heavy (non-hydrogen) atoms. The Bertz CT molecular complexity index is 31.7. The Morgan fingerprint density at radius 3 is 1.10 bits per heavy atom. The van der Waals surface area contributed by atoms with Crippen molar-refractivity contribution < 1.29 is 21.1 Å². The van der Waals surface area contributed by atoms with E-state index in [0.717, 1.165) is 5.92 Å². The molecule has 0 nitrogen and oxygen atoms in total. The molecule has 0 rings (SSSR count). The van der Waals surface area contributed by atoms with Gasteiger partial charge < -0.3 is 0 Å². The van der Waals surface area contributed by atoms with E-state index in [9.17, 15) is 0 Å². The quantitative estimate of drug-likeness (QED) is 0.726. The van der Waals surface area contributed by atoms with Crippen molar-refractivity contribution in [2.45, 2.75) is 53.9 Å². The normalized spacial score (nSPS) is 7.80. The fraction of sp³-hybridized carbons (Fsp3) is 1.00. The minimum Gasteiger partial charge on any atom is -0.0656 e. The van der Waals surface area contributed by atoms with Crippen molar-refractivity contribution in [3.05, 3.63) is 0 Å². The molecule has 0 bridgehead atoms. The van der Waals surface area contributed by atoms with Crippen molar-refractivity contribution in [2.75, 3.05) is 0 Å². The summed E-state index contributed by atoms with van der Waals surface area (Å²) in [5, 5.41) is 0. The van der Waals surface area contributed by atoms with Crippen LogP contribution in [0.5, 0.6) is 0 Å². The topological polar surface area (TPSA) is 0 Å². The first-order chi connectivity index (χ1) is 4.22. The van der Waals surface area contributed by atoms with E-state index in [1.807, 2.05) is 0 Å². The van der Waals surface area contributed by atoms with Crippen LogP contribution in [0.15, 0.2) is 0 Å². The standard InChI is InChI=1S/C6H14.C3H8.W/c1-4-6(3)5-2;1-3-2;/h6H,4-5H2,1-3H3;3H2,1-2H3;. The first kappa shape index (κ1) is 17.0. The fourth-order valence-corrected chi connectivity index (χ4v) is 0.289.